The quantitative estimate of drug-likeness (QED) is 0.561. The van der Waals surface area contributed by atoms with E-state index in [0.29, 0.717) is 6.61 Å². The van der Waals surface area contributed by atoms with E-state index in [9.17, 15) is 9.90 Å². The van der Waals surface area contributed by atoms with Crippen LogP contribution in [0.3, 0.4) is 0 Å². The lowest BCUT2D eigenvalue weighted by Crippen LogP contribution is -2.13. The molecular weight excluding hydrogens is 378 g/mol. The van der Waals surface area contributed by atoms with Crippen molar-refractivity contribution < 1.29 is 14.6 Å². The van der Waals surface area contributed by atoms with Gasteiger partial charge in [0, 0.05) is 30.3 Å². The molecule has 2 aromatic heterocycles. The van der Waals surface area contributed by atoms with Crippen LogP contribution in [-0.4, -0.2) is 34.2 Å². The second kappa shape index (κ2) is 9.92. The van der Waals surface area contributed by atoms with Gasteiger partial charge in [-0.1, -0.05) is 25.3 Å². The van der Waals surface area contributed by atoms with E-state index in [1.165, 1.54) is 12.0 Å². The van der Waals surface area contributed by atoms with Gasteiger partial charge >= 0.3 is 5.97 Å². The fourth-order valence-corrected chi connectivity index (χ4v) is 4.42. The van der Waals surface area contributed by atoms with E-state index in [4.69, 9.17) is 14.7 Å². The van der Waals surface area contributed by atoms with Crippen molar-refractivity contribution in [3.63, 3.8) is 0 Å². The molecule has 1 atom stereocenters. The van der Waals surface area contributed by atoms with Crippen LogP contribution in [0.5, 0.6) is 5.75 Å². The minimum atomic E-state index is -0.759. The summed E-state index contributed by atoms with van der Waals surface area (Å²) in [6, 6.07) is 8.26. The molecule has 0 radical (unpaired) electrons. The first-order valence-corrected chi connectivity index (χ1v) is 11.3. The molecule has 0 aliphatic carbocycles. The van der Waals surface area contributed by atoms with Crippen LogP contribution in [-0.2, 0) is 24.1 Å². The summed E-state index contributed by atoms with van der Waals surface area (Å²) in [5.74, 6) is 1.13. The summed E-state index contributed by atoms with van der Waals surface area (Å²) in [4.78, 5) is 20.8. The van der Waals surface area contributed by atoms with Crippen LogP contribution in [0.4, 0.5) is 5.82 Å². The summed E-state index contributed by atoms with van der Waals surface area (Å²) < 4.78 is 5.52. The second-order valence-corrected chi connectivity index (χ2v) is 8.37. The normalized spacial score (nSPS) is 15.6. The first-order valence-electron chi connectivity index (χ1n) is 11.3. The van der Waals surface area contributed by atoms with E-state index >= 15 is 0 Å². The first-order chi connectivity index (χ1) is 14.7. The maximum absolute atomic E-state index is 11.3. The summed E-state index contributed by atoms with van der Waals surface area (Å²) in [6.07, 6.45) is 9.50. The van der Waals surface area contributed by atoms with Crippen LogP contribution in [0.1, 0.15) is 73.5 Å². The SMILES string of the molecule is O=C(O)C[C@@H](CCCCCCc1ccc2c(n1)NCCC2)c1ccc2c(n1)CCO2. The van der Waals surface area contributed by atoms with Gasteiger partial charge in [0.05, 0.1) is 18.7 Å². The van der Waals surface area contributed by atoms with Crippen LogP contribution in [0, 0.1) is 0 Å². The van der Waals surface area contributed by atoms with Crippen molar-refractivity contribution >= 4 is 11.8 Å². The monoisotopic (exact) mass is 409 g/mol. The topological polar surface area (TPSA) is 84.3 Å². The zero-order valence-corrected chi connectivity index (χ0v) is 17.5. The highest BCUT2D eigenvalue weighted by atomic mass is 16.5. The maximum Gasteiger partial charge on any atom is 0.304 e. The molecule has 2 aromatic rings. The number of carboxylic acid groups (broad SMARTS) is 1. The molecular formula is C24H31N3O3. The van der Waals surface area contributed by atoms with Crippen LogP contribution in [0.2, 0.25) is 0 Å². The largest absolute Gasteiger partial charge is 0.491 e. The summed E-state index contributed by atoms with van der Waals surface area (Å²) in [5.41, 5.74) is 4.36. The Kier molecular flexibility index (Phi) is 6.82. The summed E-state index contributed by atoms with van der Waals surface area (Å²) in [7, 11) is 0. The lowest BCUT2D eigenvalue weighted by molar-refractivity contribution is -0.137. The summed E-state index contributed by atoms with van der Waals surface area (Å²) >= 11 is 0. The Labute approximate surface area is 178 Å². The number of fused-ring (bicyclic) bond motifs is 2. The number of carbonyl (C=O) groups is 1. The number of unbranched alkanes of at least 4 members (excludes halogenated alkanes) is 3. The zero-order valence-electron chi connectivity index (χ0n) is 17.5. The van der Waals surface area contributed by atoms with Crippen LogP contribution >= 0.6 is 0 Å². The van der Waals surface area contributed by atoms with Gasteiger partial charge in [0.15, 0.2) is 0 Å². The number of carboxylic acids is 1. The molecule has 0 spiro atoms. The highest BCUT2D eigenvalue weighted by Crippen LogP contribution is 2.30. The number of aromatic nitrogens is 2. The van der Waals surface area contributed by atoms with E-state index in [0.717, 1.165) is 86.6 Å². The average molecular weight is 410 g/mol. The minimum absolute atomic E-state index is 0.0261. The maximum atomic E-state index is 11.3. The van der Waals surface area contributed by atoms with Crippen molar-refractivity contribution in [2.24, 2.45) is 0 Å². The van der Waals surface area contributed by atoms with E-state index < -0.39 is 5.97 Å². The van der Waals surface area contributed by atoms with Crippen molar-refractivity contribution in [1.82, 2.24) is 9.97 Å². The molecule has 0 bridgehead atoms. The smallest absolute Gasteiger partial charge is 0.304 e. The lowest BCUT2D eigenvalue weighted by Gasteiger charge is -2.17. The molecule has 4 heterocycles. The second-order valence-electron chi connectivity index (χ2n) is 8.37. The fourth-order valence-electron chi connectivity index (χ4n) is 4.42. The van der Waals surface area contributed by atoms with Crippen molar-refractivity contribution in [2.45, 2.75) is 70.1 Å². The van der Waals surface area contributed by atoms with Crippen LogP contribution in [0.15, 0.2) is 24.3 Å². The number of nitrogens with one attached hydrogen (secondary N) is 1. The van der Waals surface area contributed by atoms with Crippen molar-refractivity contribution in [2.75, 3.05) is 18.5 Å². The van der Waals surface area contributed by atoms with Gasteiger partial charge in [0.25, 0.3) is 0 Å². The number of aryl methyl sites for hydroxylation is 2. The molecule has 2 N–H and O–H groups in total. The highest BCUT2D eigenvalue weighted by Gasteiger charge is 2.20. The fraction of sp³-hybridized carbons (Fsp3) is 0.542. The van der Waals surface area contributed by atoms with Crippen molar-refractivity contribution in [3.8, 4) is 5.75 Å². The Hall–Kier alpha value is -2.63. The van der Waals surface area contributed by atoms with Crippen LogP contribution < -0.4 is 10.1 Å². The van der Waals surface area contributed by atoms with Gasteiger partial charge in [-0.2, -0.15) is 0 Å². The summed E-state index contributed by atoms with van der Waals surface area (Å²) in [5, 5.41) is 12.7. The lowest BCUT2D eigenvalue weighted by atomic mass is 9.93. The minimum Gasteiger partial charge on any atom is -0.491 e. The predicted molar refractivity (Wildman–Crippen MR) is 116 cm³/mol. The molecule has 0 unspecified atom stereocenters. The molecule has 160 valence electrons. The number of hydrogen-bond donors (Lipinski definition) is 2. The Bertz CT molecular complexity index is 884. The molecule has 0 amide bonds. The first kappa shape index (κ1) is 20.6. The predicted octanol–water partition coefficient (Wildman–Crippen LogP) is 4.52. The Morgan fingerprint density at radius 2 is 2.00 bits per heavy atom. The van der Waals surface area contributed by atoms with E-state index in [-0.39, 0.29) is 12.3 Å². The van der Waals surface area contributed by atoms with Gasteiger partial charge in [-0.3, -0.25) is 9.78 Å². The molecule has 0 aromatic carbocycles. The number of hydrogen-bond acceptors (Lipinski definition) is 5. The molecule has 0 saturated heterocycles. The van der Waals surface area contributed by atoms with Gasteiger partial charge in [-0.05, 0) is 55.9 Å². The third-order valence-corrected chi connectivity index (χ3v) is 6.08. The molecule has 6 heteroatoms. The van der Waals surface area contributed by atoms with Gasteiger partial charge in [-0.15, -0.1) is 0 Å². The Morgan fingerprint density at radius 3 is 2.90 bits per heavy atom. The standard InChI is InChI=1S/C24H31N3O3/c28-23(29)16-18(20-11-12-22-21(27-20)13-15-30-22)6-3-1-2-4-8-19-10-9-17-7-5-14-25-24(17)26-19/h9-12,18H,1-8,13-16H2,(H,25,26)(H,28,29)/t18-/m1/s1. The molecule has 0 fully saturated rings. The molecule has 30 heavy (non-hydrogen) atoms. The Balaban J connectivity index is 1.22. The van der Waals surface area contributed by atoms with Gasteiger partial charge in [-0.25, -0.2) is 4.98 Å². The third kappa shape index (κ3) is 5.29. The number of anilines is 1. The average Bonchev–Trinajstić information content (AvgIpc) is 3.23. The van der Waals surface area contributed by atoms with Gasteiger partial charge < -0.3 is 15.2 Å². The number of rotatable bonds is 10. The number of aliphatic carboxylic acids is 1. The molecule has 2 aliphatic heterocycles. The van der Waals surface area contributed by atoms with Crippen LogP contribution in [0.25, 0.3) is 0 Å². The number of nitrogens with zero attached hydrogens (tertiary/aromatic N) is 2. The highest BCUT2D eigenvalue weighted by molar-refractivity contribution is 5.67. The zero-order chi connectivity index (χ0) is 20.8. The van der Waals surface area contributed by atoms with Gasteiger partial charge in [0.2, 0.25) is 0 Å². The molecule has 6 nitrogen and oxygen atoms in total. The molecule has 2 aliphatic rings. The van der Waals surface area contributed by atoms with E-state index in [1.54, 1.807) is 0 Å². The number of pyridine rings is 2. The van der Waals surface area contributed by atoms with E-state index in [2.05, 4.69) is 17.4 Å². The third-order valence-electron chi connectivity index (χ3n) is 6.08. The summed E-state index contributed by atoms with van der Waals surface area (Å²) in [6.45, 7) is 1.69. The molecule has 0 saturated carbocycles. The van der Waals surface area contributed by atoms with Crippen molar-refractivity contribution in [1.29, 1.82) is 0 Å². The molecule has 4 rings (SSSR count). The van der Waals surface area contributed by atoms with Crippen molar-refractivity contribution in [3.05, 3.63) is 46.9 Å². The Morgan fingerprint density at radius 1 is 1.10 bits per heavy atom. The van der Waals surface area contributed by atoms with E-state index in [1.807, 2.05) is 12.1 Å². The van der Waals surface area contributed by atoms with Gasteiger partial charge in [0.1, 0.15) is 11.6 Å². The number of ether oxygens (including phenoxy) is 1.